The number of hydrogen-bond donors (Lipinski definition) is 3. The molecule has 0 aliphatic rings. The largest absolute Gasteiger partial charge is 0.425 e. The smallest absolute Gasteiger partial charge is 0.417 e. The fourth-order valence-electron chi connectivity index (χ4n) is 5.82. The molecule has 3 N–H and O–H groups in total. The quantitative estimate of drug-likeness (QED) is 0.0653. The summed E-state index contributed by atoms with van der Waals surface area (Å²) in [5.41, 5.74) is 4.23. The first kappa shape index (κ1) is 51.2. The molecule has 356 valence electrons. The third-order valence-electron chi connectivity index (χ3n) is 9.21. The van der Waals surface area contributed by atoms with Gasteiger partial charge in [0, 0.05) is 11.1 Å². The van der Waals surface area contributed by atoms with Crippen molar-refractivity contribution in [3.63, 3.8) is 0 Å². The molecule has 11 nitrogen and oxygen atoms in total. The summed E-state index contributed by atoms with van der Waals surface area (Å²) in [5.74, 6) is -4.32. The second-order valence-corrected chi connectivity index (χ2v) is 15.7. The van der Waals surface area contributed by atoms with Crippen molar-refractivity contribution in [3.8, 4) is 11.5 Å². The molecule has 2 amide bonds. The lowest BCUT2D eigenvalue weighted by atomic mass is 9.98. The average molecular weight is 977 g/mol. The van der Waals surface area contributed by atoms with Gasteiger partial charge < -0.3 is 9.52 Å². The molecule has 0 fully saturated rings. The van der Waals surface area contributed by atoms with E-state index in [4.69, 9.17) is 9.52 Å². The number of amides is 2. The Morgan fingerprint density at radius 3 is 1.64 bits per heavy atom. The van der Waals surface area contributed by atoms with Gasteiger partial charge in [-0.2, -0.15) is 61.1 Å². The molecule has 2 unspecified atom stereocenters. The number of benzene rings is 5. The first-order chi connectivity index (χ1) is 31.1. The molecule has 0 saturated heterocycles. The fraction of sp³-hybridized carbons (Fsp3) is 0.209. The highest BCUT2D eigenvalue weighted by molar-refractivity contribution is 7.86. The van der Waals surface area contributed by atoms with Crippen molar-refractivity contribution in [2.75, 3.05) is 0 Å². The van der Waals surface area contributed by atoms with Crippen LogP contribution in [0.25, 0.3) is 11.5 Å². The molecule has 0 saturated carbocycles. The summed E-state index contributed by atoms with van der Waals surface area (Å²) in [5, 5.41) is 15.8. The highest BCUT2D eigenvalue weighted by Crippen LogP contribution is 2.39. The molecule has 6 aromatic rings. The van der Waals surface area contributed by atoms with E-state index in [0.717, 1.165) is 36.4 Å². The highest BCUT2D eigenvalue weighted by Gasteiger charge is 2.49. The fourth-order valence-corrected chi connectivity index (χ4v) is 6.84. The van der Waals surface area contributed by atoms with Crippen LogP contribution in [-0.4, -0.2) is 54.0 Å². The van der Waals surface area contributed by atoms with Gasteiger partial charge in [-0.25, -0.2) is 4.18 Å². The van der Waals surface area contributed by atoms with Crippen LogP contribution in [0.1, 0.15) is 61.3 Å². The first-order valence-electron chi connectivity index (χ1n) is 18.9. The van der Waals surface area contributed by atoms with Crippen LogP contribution in [0.2, 0.25) is 0 Å². The zero-order chi connectivity index (χ0) is 49.5. The van der Waals surface area contributed by atoms with Gasteiger partial charge in [0.2, 0.25) is 18.1 Å². The molecule has 0 aliphatic heterocycles. The molecule has 24 heteroatoms. The van der Waals surface area contributed by atoms with Gasteiger partial charge in [-0.15, -0.1) is 10.2 Å². The number of halogens is 12. The first-order valence-corrected chi connectivity index (χ1v) is 20.3. The van der Waals surface area contributed by atoms with Crippen LogP contribution in [0.3, 0.4) is 0 Å². The minimum Gasteiger partial charge on any atom is -0.417 e. The highest BCUT2D eigenvalue weighted by atomic mass is 32.2. The Balaban J connectivity index is 0.000000261. The minimum absolute atomic E-state index is 0.0193. The number of nitrogens with one attached hydrogen (secondary N) is 2. The standard InChI is InChI=1S/C25H18F6N2O4S.C18H14F6N2O3/c1-15-6-12-19(13-7-15)38(34,35)37-21(25(29,30)31)23-33-32-22(36-23)20-5-3-2-4-17(20)14-16-8-10-18(11-9-16)24(26,27)28;19-17(20,21)12-7-5-10(6-8-12)9-11-3-1-2-4-13(11)15(28)25-26-16(29)14(27)18(22,23)24/h2-13,21H,14H2,1H3;1-8,14,27H,9H2,(H,25,28)(H,26,29). The molecule has 0 radical (unpaired) electrons. The topological polar surface area (TPSA) is 161 Å². The van der Waals surface area contributed by atoms with Crippen molar-refractivity contribution in [2.45, 2.75) is 61.6 Å². The monoisotopic (exact) mass is 976 g/mol. The van der Waals surface area contributed by atoms with Gasteiger partial charge in [0.15, 0.2) is 0 Å². The SMILES string of the molecule is Cc1ccc(S(=O)(=O)OC(c2nnc(-c3ccccc3Cc3ccc(C(F)(F)F)cc3)o2)C(F)(F)F)cc1.O=C(NNC(=O)C(O)C(F)(F)F)c1ccccc1Cc1ccc(C(F)(F)F)cc1. The Morgan fingerprint density at radius 2 is 1.13 bits per heavy atom. The molecule has 0 aliphatic carbocycles. The van der Waals surface area contributed by atoms with Crippen LogP contribution in [0.15, 0.2) is 131 Å². The third kappa shape index (κ3) is 13.9. The van der Waals surface area contributed by atoms with Gasteiger partial charge in [-0.3, -0.25) is 20.4 Å². The molecule has 2 atom stereocenters. The average Bonchev–Trinajstić information content (AvgIpc) is 3.74. The molecular weight excluding hydrogens is 945 g/mol. The number of aliphatic hydroxyl groups is 1. The van der Waals surface area contributed by atoms with Gasteiger partial charge in [0.25, 0.3) is 27.8 Å². The Morgan fingerprint density at radius 1 is 0.642 bits per heavy atom. The summed E-state index contributed by atoms with van der Waals surface area (Å²) >= 11 is 0. The number of hydrazine groups is 1. The molecule has 1 heterocycles. The molecule has 1 aromatic heterocycles. The summed E-state index contributed by atoms with van der Waals surface area (Å²) in [7, 11) is -4.85. The maximum absolute atomic E-state index is 13.8. The van der Waals surface area contributed by atoms with Crippen molar-refractivity contribution >= 4 is 21.9 Å². The maximum Gasteiger partial charge on any atom is 0.425 e. The van der Waals surface area contributed by atoms with Crippen molar-refractivity contribution in [3.05, 3.63) is 172 Å². The molecule has 6 rings (SSSR count). The van der Waals surface area contributed by atoms with E-state index >= 15 is 0 Å². The van der Waals surface area contributed by atoms with E-state index in [9.17, 15) is 70.7 Å². The van der Waals surface area contributed by atoms with E-state index in [1.54, 1.807) is 36.6 Å². The molecule has 67 heavy (non-hydrogen) atoms. The maximum atomic E-state index is 13.8. The number of aryl methyl sites for hydroxylation is 1. The normalized spacial score (nSPS) is 13.2. The minimum atomic E-state index is -5.22. The predicted octanol–water partition coefficient (Wildman–Crippen LogP) is 9.64. The van der Waals surface area contributed by atoms with Crippen LogP contribution in [-0.2, 0) is 44.3 Å². The number of carbonyl (C=O) groups is 2. The van der Waals surface area contributed by atoms with Crippen LogP contribution in [0, 0.1) is 6.92 Å². The number of aliphatic hydroxyl groups excluding tert-OH is 1. The molecule has 5 aromatic carbocycles. The number of hydrogen-bond acceptors (Lipinski definition) is 9. The van der Waals surface area contributed by atoms with Gasteiger partial charge in [-0.05, 0) is 90.6 Å². The van der Waals surface area contributed by atoms with Gasteiger partial charge >= 0.3 is 24.7 Å². The summed E-state index contributed by atoms with van der Waals surface area (Å²) in [6.07, 6.45) is -25.6. The van der Waals surface area contributed by atoms with Crippen molar-refractivity contribution in [2.24, 2.45) is 0 Å². The lowest BCUT2D eigenvalue weighted by Crippen LogP contribution is -2.51. The predicted molar refractivity (Wildman–Crippen MR) is 211 cm³/mol. The molecular formula is C43H32F12N4O7S. The summed E-state index contributed by atoms with van der Waals surface area (Å²) in [6, 6.07) is 25.7. The van der Waals surface area contributed by atoms with Crippen molar-refractivity contribution in [1.82, 2.24) is 21.0 Å². The Hall–Kier alpha value is -6.79. The number of aromatic nitrogens is 2. The zero-order valence-electron chi connectivity index (χ0n) is 33.9. The van der Waals surface area contributed by atoms with Crippen LogP contribution < -0.4 is 10.9 Å². The van der Waals surface area contributed by atoms with Crippen LogP contribution in [0.5, 0.6) is 0 Å². The number of alkyl halides is 12. The Bertz CT molecular complexity index is 2760. The zero-order valence-corrected chi connectivity index (χ0v) is 34.7. The van der Waals surface area contributed by atoms with E-state index in [1.165, 1.54) is 66.1 Å². The number of rotatable bonds is 11. The van der Waals surface area contributed by atoms with Crippen molar-refractivity contribution < 1.29 is 84.4 Å². The second kappa shape index (κ2) is 20.4. The van der Waals surface area contributed by atoms with Crippen molar-refractivity contribution in [1.29, 1.82) is 0 Å². The summed E-state index contributed by atoms with van der Waals surface area (Å²) in [4.78, 5) is 22.9. The second-order valence-electron chi connectivity index (χ2n) is 14.2. The van der Waals surface area contributed by atoms with E-state index in [0.29, 0.717) is 27.8 Å². The van der Waals surface area contributed by atoms with E-state index in [2.05, 4.69) is 14.4 Å². The van der Waals surface area contributed by atoms with Crippen LogP contribution in [0.4, 0.5) is 52.7 Å². The Kier molecular flexibility index (Phi) is 15.6. The number of carbonyl (C=O) groups excluding carboxylic acids is 2. The lowest BCUT2D eigenvalue weighted by Gasteiger charge is -2.17. The van der Waals surface area contributed by atoms with Gasteiger partial charge in [-0.1, -0.05) is 78.4 Å². The van der Waals surface area contributed by atoms with E-state index < -0.39 is 80.8 Å². The van der Waals surface area contributed by atoms with E-state index in [-0.39, 0.29) is 29.9 Å². The molecule has 0 bridgehead atoms. The van der Waals surface area contributed by atoms with Crippen LogP contribution >= 0.6 is 0 Å². The van der Waals surface area contributed by atoms with Gasteiger partial charge in [0.1, 0.15) is 0 Å². The summed E-state index contributed by atoms with van der Waals surface area (Å²) < 4.78 is 189. The Labute approximate surface area is 371 Å². The van der Waals surface area contributed by atoms with E-state index in [1.807, 2.05) is 0 Å². The van der Waals surface area contributed by atoms with Gasteiger partial charge in [0.05, 0.1) is 16.0 Å². The lowest BCUT2D eigenvalue weighted by molar-refractivity contribution is -0.205. The third-order valence-corrected chi connectivity index (χ3v) is 10.5. The molecule has 0 spiro atoms. The number of nitrogens with zero attached hydrogens (tertiary/aromatic N) is 2. The summed E-state index contributed by atoms with van der Waals surface area (Å²) in [6.45, 7) is 1.67.